The van der Waals surface area contributed by atoms with Crippen molar-refractivity contribution in [2.24, 2.45) is 0 Å². The zero-order chi connectivity index (χ0) is 13.7. The molecule has 0 aromatic carbocycles. The molecule has 1 atom stereocenters. The van der Waals surface area contributed by atoms with E-state index in [1.807, 2.05) is 12.3 Å². The van der Waals surface area contributed by atoms with Crippen LogP contribution >= 0.6 is 11.3 Å². The molecule has 0 amide bonds. The summed E-state index contributed by atoms with van der Waals surface area (Å²) in [5.41, 5.74) is 1.20. The van der Waals surface area contributed by atoms with Crippen molar-refractivity contribution in [2.75, 3.05) is 37.7 Å². The third kappa shape index (κ3) is 4.56. The Balaban J connectivity index is 1.85. The van der Waals surface area contributed by atoms with E-state index < -0.39 is 9.84 Å². The SMILES string of the molecule is CCCS(=O)(=O)CCN1CCO[C@H](c2ccsc2)C1. The summed E-state index contributed by atoms with van der Waals surface area (Å²) in [4.78, 5) is 2.19. The number of sulfone groups is 1. The molecule has 1 fully saturated rings. The van der Waals surface area contributed by atoms with Crippen LogP contribution in [0, 0.1) is 0 Å². The Morgan fingerprint density at radius 3 is 3.00 bits per heavy atom. The van der Waals surface area contributed by atoms with E-state index in [0.717, 1.165) is 13.1 Å². The number of rotatable bonds is 6. The summed E-state index contributed by atoms with van der Waals surface area (Å²) in [6, 6.07) is 2.08. The lowest BCUT2D eigenvalue weighted by Crippen LogP contribution is -2.40. The molecule has 0 bridgehead atoms. The lowest BCUT2D eigenvalue weighted by atomic mass is 10.1. The molecule has 6 heteroatoms. The summed E-state index contributed by atoms with van der Waals surface area (Å²) in [6.45, 7) is 4.81. The second-order valence-electron chi connectivity index (χ2n) is 4.87. The lowest BCUT2D eigenvalue weighted by Gasteiger charge is -2.32. The minimum Gasteiger partial charge on any atom is -0.371 e. The summed E-state index contributed by atoms with van der Waals surface area (Å²) >= 11 is 1.66. The highest BCUT2D eigenvalue weighted by molar-refractivity contribution is 7.91. The third-order valence-electron chi connectivity index (χ3n) is 3.30. The second kappa shape index (κ2) is 6.83. The molecule has 1 aliphatic heterocycles. The van der Waals surface area contributed by atoms with Gasteiger partial charge in [-0.1, -0.05) is 6.92 Å². The van der Waals surface area contributed by atoms with Crippen molar-refractivity contribution in [1.82, 2.24) is 4.90 Å². The highest BCUT2D eigenvalue weighted by Gasteiger charge is 2.23. The van der Waals surface area contributed by atoms with Crippen LogP contribution in [-0.2, 0) is 14.6 Å². The first-order valence-corrected chi connectivity index (χ1v) is 9.43. The topological polar surface area (TPSA) is 46.6 Å². The number of hydrogen-bond donors (Lipinski definition) is 0. The Bertz CT molecular complexity index is 470. The molecule has 1 aliphatic rings. The lowest BCUT2D eigenvalue weighted by molar-refractivity contribution is -0.0277. The van der Waals surface area contributed by atoms with Crippen molar-refractivity contribution >= 4 is 21.2 Å². The Morgan fingerprint density at radius 1 is 1.47 bits per heavy atom. The summed E-state index contributed by atoms with van der Waals surface area (Å²) in [5.74, 6) is 0.558. The quantitative estimate of drug-likeness (QED) is 0.806. The molecule has 0 unspecified atom stereocenters. The van der Waals surface area contributed by atoms with E-state index in [2.05, 4.69) is 16.3 Å². The minimum absolute atomic E-state index is 0.0916. The van der Waals surface area contributed by atoms with Crippen molar-refractivity contribution in [3.8, 4) is 0 Å². The Morgan fingerprint density at radius 2 is 2.32 bits per heavy atom. The van der Waals surface area contributed by atoms with E-state index in [1.165, 1.54) is 5.56 Å². The zero-order valence-corrected chi connectivity index (χ0v) is 12.9. The van der Waals surface area contributed by atoms with Crippen LogP contribution in [0.5, 0.6) is 0 Å². The van der Waals surface area contributed by atoms with Crippen molar-refractivity contribution in [3.63, 3.8) is 0 Å². The van der Waals surface area contributed by atoms with Gasteiger partial charge in [0.2, 0.25) is 0 Å². The van der Waals surface area contributed by atoms with Gasteiger partial charge in [0.05, 0.1) is 18.5 Å². The fraction of sp³-hybridized carbons (Fsp3) is 0.692. The van der Waals surface area contributed by atoms with Crippen LogP contribution in [0.2, 0.25) is 0 Å². The fourth-order valence-electron chi connectivity index (χ4n) is 2.25. The molecule has 1 aromatic rings. The van der Waals surface area contributed by atoms with E-state index in [1.54, 1.807) is 11.3 Å². The summed E-state index contributed by atoms with van der Waals surface area (Å²) in [5, 5.41) is 4.14. The summed E-state index contributed by atoms with van der Waals surface area (Å²) in [7, 11) is -2.88. The van der Waals surface area contributed by atoms with Crippen LogP contribution in [0.3, 0.4) is 0 Å². The van der Waals surface area contributed by atoms with Gasteiger partial charge in [0.25, 0.3) is 0 Å². The Kier molecular flexibility index (Phi) is 5.38. The normalized spacial score (nSPS) is 21.6. The van der Waals surface area contributed by atoms with Crippen LogP contribution in [0.1, 0.15) is 25.0 Å². The van der Waals surface area contributed by atoms with Gasteiger partial charge in [-0.05, 0) is 28.8 Å². The van der Waals surface area contributed by atoms with Gasteiger partial charge < -0.3 is 4.74 Å². The molecule has 1 aromatic heterocycles. The van der Waals surface area contributed by atoms with Crippen molar-refractivity contribution < 1.29 is 13.2 Å². The van der Waals surface area contributed by atoms with Crippen molar-refractivity contribution in [1.29, 1.82) is 0 Å². The van der Waals surface area contributed by atoms with Crippen LogP contribution in [-0.4, -0.2) is 51.1 Å². The highest BCUT2D eigenvalue weighted by atomic mass is 32.2. The predicted octanol–water partition coefficient (Wildman–Crippen LogP) is 1.95. The van der Waals surface area contributed by atoms with Crippen LogP contribution in [0.25, 0.3) is 0 Å². The molecular formula is C13H21NO3S2. The first kappa shape index (κ1) is 15.0. The molecule has 0 spiro atoms. The number of hydrogen-bond acceptors (Lipinski definition) is 5. The molecule has 2 rings (SSSR count). The maximum Gasteiger partial charge on any atom is 0.151 e. The third-order valence-corrected chi connectivity index (χ3v) is 5.84. The molecule has 0 saturated carbocycles. The first-order valence-electron chi connectivity index (χ1n) is 6.67. The van der Waals surface area contributed by atoms with Crippen molar-refractivity contribution in [2.45, 2.75) is 19.4 Å². The number of morpholine rings is 1. The molecule has 4 nitrogen and oxygen atoms in total. The Hall–Kier alpha value is -0.430. The predicted molar refractivity (Wildman–Crippen MR) is 78.4 cm³/mol. The van der Waals surface area contributed by atoms with Gasteiger partial charge in [0.15, 0.2) is 9.84 Å². The molecule has 0 N–H and O–H groups in total. The van der Waals surface area contributed by atoms with E-state index in [9.17, 15) is 8.42 Å². The van der Waals surface area contributed by atoms with Gasteiger partial charge in [0, 0.05) is 25.4 Å². The van der Waals surface area contributed by atoms with E-state index in [0.29, 0.717) is 25.3 Å². The molecule has 0 radical (unpaired) electrons. The minimum atomic E-state index is -2.88. The number of thiophene rings is 1. The first-order chi connectivity index (χ1) is 9.11. The monoisotopic (exact) mass is 303 g/mol. The van der Waals surface area contributed by atoms with Gasteiger partial charge >= 0.3 is 0 Å². The smallest absolute Gasteiger partial charge is 0.151 e. The Labute approximate surface area is 119 Å². The van der Waals surface area contributed by atoms with Gasteiger partial charge in [-0.3, -0.25) is 4.90 Å². The maximum atomic E-state index is 11.7. The summed E-state index contributed by atoms with van der Waals surface area (Å²) < 4.78 is 29.2. The molecule has 108 valence electrons. The number of nitrogens with zero attached hydrogens (tertiary/aromatic N) is 1. The van der Waals surface area contributed by atoms with E-state index >= 15 is 0 Å². The van der Waals surface area contributed by atoms with Crippen molar-refractivity contribution in [3.05, 3.63) is 22.4 Å². The molecule has 19 heavy (non-hydrogen) atoms. The fourth-order valence-corrected chi connectivity index (χ4v) is 4.31. The second-order valence-corrected chi connectivity index (χ2v) is 7.95. The van der Waals surface area contributed by atoms with E-state index in [4.69, 9.17) is 4.74 Å². The molecule has 1 saturated heterocycles. The van der Waals surface area contributed by atoms with Gasteiger partial charge in [-0.15, -0.1) is 0 Å². The number of ether oxygens (including phenoxy) is 1. The highest BCUT2D eigenvalue weighted by Crippen LogP contribution is 2.23. The maximum absolute atomic E-state index is 11.7. The van der Waals surface area contributed by atoms with Gasteiger partial charge in [-0.2, -0.15) is 11.3 Å². The standard InChI is InChI=1S/C13H21NO3S2/c1-2-8-19(15,16)9-5-14-4-6-17-13(10-14)12-3-7-18-11-12/h3,7,11,13H,2,4-6,8-10H2,1H3/t13-/m0/s1. The molecular weight excluding hydrogens is 282 g/mol. The average Bonchev–Trinajstić information content (AvgIpc) is 2.91. The van der Waals surface area contributed by atoms with Crippen LogP contribution < -0.4 is 0 Å². The van der Waals surface area contributed by atoms with Gasteiger partial charge in [-0.25, -0.2) is 8.42 Å². The van der Waals surface area contributed by atoms with Gasteiger partial charge in [0.1, 0.15) is 0 Å². The summed E-state index contributed by atoms with van der Waals surface area (Å²) in [6.07, 6.45) is 0.789. The average molecular weight is 303 g/mol. The van der Waals surface area contributed by atoms with Crippen LogP contribution in [0.4, 0.5) is 0 Å². The molecule has 2 heterocycles. The largest absolute Gasteiger partial charge is 0.371 e. The van der Waals surface area contributed by atoms with E-state index in [-0.39, 0.29) is 11.9 Å². The molecule has 0 aliphatic carbocycles. The zero-order valence-electron chi connectivity index (χ0n) is 11.2. The van der Waals surface area contributed by atoms with Crippen LogP contribution in [0.15, 0.2) is 16.8 Å².